The van der Waals surface area contributed by atoms with Crippen LogP contribution in [-0.4, -0.2) is 5.78 Å². The van der Waals surface area contributed by atoms with Gasteiger partial charge in [0.25, 0.3) is 0 Å². The number of hydrogen-bond donors (Lipinski definition) is 0. The normalized spacial score (nSPS) is 38.7. The van der Waals surface area contributed by atoms with Crippen molar-refractivity contribution in [1.82, 2.24) is 0 Å². The summed E-state index contributed by atoms with van der Waals surface area (Å²) >= 11 is 0. The molecule has 0 spiro atoms. The molecule has 29 heavy (non-hydrogen) atoms. The van der Waals surface area contributed by atoms with Gasteiger partial charge in [-0.2, -0.15) is 0 Å². The molecular weight excluding hydrogens is 352 g/mol. The van der Waals surface area contributed by atoms with Gasteiger partial charge in [0.2, 0.25) is 0 Å². The van der Waals surface area contributed by atoms with Gasteiger partial charge in [-0.25, -0.2) is 0 Å². The summed E-state index contributed by atoms with van der Waals surface area (Å²) in [5.74, 6) is 3.69. The Morgan fingerprint density at radius 3 is 2.45 bits per heavy atom. The van der Waals surface area contributed by atoms with Crippen molar-refractivity contribution in [3.8, 4) is 0 Å². The van der Waals surface area contributed by atoms with Gasteiger partial charge in [-0.15, -0.1) is 0 Å². The molecule has 1 saturated carbocycles. The first-order chi connectivity index (χ1) is 13.7. The van der Waals surface area contributed by atoms with Crippen LogP contribution < -0.4 is 0 Å². The summed E-state index contributed by atoms with van der Waals surface area (Å²) in [6, 6.07) is 0. The van der Waals surface area contributed by atoms with E-state index in [-0.39, 0.29) is 5.41 Å². The standard InChI is InChI=1S/C28H40O/c1-18(2)19(3)7-8-20(4)24-11-12-25-23-10-9-21-17-22(29)13-15-27(21,5)26(23)14-16-28(24,25)6/h7-10,17-20,24,26H,11-16H2,1-6H3/b8-7+/t19-,20+,24+,26-,27+,28-/m0/s1. The second-order valence-corrected chi connectivity index (χ2v) is 11.3. The summed E-state index contributed by atoms with van der Waals surface area (Å²) in [7, 11) is 0. The highest BCUT2D eigenvalue weighted by Crippen LogP contribution is 2.63. The van der Waals surface area contributed by atoms with E-state index >= 15 is 0 Å². The first kappa shape index (κ1) is 20.9. The number of allylic oxidation sites excluding steroid dienone is 8. The first-order valence-electron chi connectivity index (χ1n) is 12.0. The zero-order valence-corrected chi connectivity index (χ0v) is 19.4. The lowest BCUT2D eigenvalue weighted by Crippen LogP contribution is -2.41. The van der Waals surface area contributed by atoms with Gasteiger partial charge in [-0.05, 0) is 89.7 Å². The molecular formula is C28H40O. The monoisotopic (exact) mass is 392 g/mol. The maximum absolute atomic E-state index is 12.0. The Balaban J connectivity index is 1.65. The van der Waals surface area contributed by atoms with Gasteiger partial charge in [-0.1, -0.05) is 71.4 Å². The van der Waals surface area contributed by atoms with E-state index in [1.807, 2.05) is 6.08 Å². The molecule has 1 fully saturated rings. The molecule has 0 aliphatic heterocycles. The summed E-state index contributed by atoms with van der Waals surface area (Å²) in [5, 5.41) is 0. The van der Waals surface area contributed by atoms with Crippen LogP contribution in [0.5, 0.6) is 0 Å². The van der Waals surface area contributed by atoms with E-state index in [1.165, 1.54) is 31.3 Å². The average Bonchev–Trinajstić information content (AvgIpc) is 3.03. The second kappa shape index (κ2) is 7.40. The Labute approximate surface area is 178 Å². The molecule has 0 unspecified atom stereocenters. The van der Waals surface area contributed by atoms with Gasteiger partial charge >= 0.3 is 0 Å². The largest absolute Gasteiger partial charge is 0.295 e. The van der Waals surface area contributed by atoms with Crippen molar-refractivity contribution < 1.29 is 4.79 Å². The van der Waals surface area contributed by atoms with Gasteiger partial charge in [0.1, 0.15) is 0 Å². The average molecular weight is 393 g/mol. The summed E-state index contributed by atoms with van der Waals surface area (Å²) < 4.78 is 0. The summed E-state index contributed by atoms with van der Waals surface area (Å²) in [6.07, 6.45) is 18.5. The maximum atomic E-state index is 12.0. The molecule has 0 heterocycles. The molecule has 0 bridgehead atoms. The fraction of sp³-hybridized carbons (Fsp3) is 0.679. The predicted octanol–water partition coefficient (Wildman–Crippen LogP) is 7.46. The van der Waals surface area contributed by atoms with Gasteiger partial charge in [0, 0.05) is 6.42 Å². The van der Waals surface area contributed by atoms with Crippen molar-refractivity contribution in [2.45, 2.75) is 80.1 Å². The fourth-order valence-electron chi connectivity index (χ4n) is 6.91. The summed E-state index contributed by atoms with van der Waals surface area (Å²) in [5.41, 5.74) is 5.21. The van der Waals surface area contributed by atoms with Crippen LogP contribution in [0, 0.1) is 40.4 Å². The number of carbonyl (C=O) groups is 1. The minimum atomic E-state index is 0.169. The highest BCUT2D eigenvalue weighted by molar-refractivity contribution is 5.92. The van der Waals surface area contributed by atoms with Gasteiger partial charge in [-0.3, -0.25) is 4.79 Å². The Morgan fingerprint density at radius 1 is 0.966 bits per heavy atom. The molecule has 4 aliphatic carbocycles. The van der Waals surface area contributed by atoms with Crippen molar-refractivity contribution >= 4 is 5.78 Å². The maximum Gasteiger partial charge on any atom is 0.156 e. The smallest absolute Gasteiger partial charge is 0.156 e. The number of carbonyl (C=O) groups excluding carboxylic acids is 1. The molecule has 4 aliphatic rings. The highest BCUT2D eigenvalue weighted by Gasteiger charge is 2.53. The topological polar surface area (TPSA) is 17.1 Å². The molecule has 0 N–H and O–H groups in total. The van der Waals surface area contributed by atoms with E-state index in [0.717, 1.165) is 18.8 Å². The van der Waals surface area contributed by atoms with E-state index in [4.69, 9.17) is 0 Å². The third-order valence-electron chi connectivity index (χ3n) is 9.37. The van der Waals surface area contributed by atoms with E-state index < -0.39 is 0 Å². The van der Waals surface area contributed by atoms with Crippen LogP contribution in [0.15, 0.2) is 47.1 Å². The van der Waals surface area contributed by atoms with Crippen molar-refractivity contribution in [3.63, 3.8) is 0 Å². The third kappa shape index (κ3) is 3.33. The minimum Gasteiger partial charge on any atom is -0.295 e. The molecule has 158 valence electrons. The van der Waals surface area contributed by atoms with Gasteiger partial charge in [0.15, 0.2) is 5.78 Å². The van der Waals surface area contributed by atoms with Crippen molar-refractivity contribution in [1.29, 1.82) is 0 Å². The number of hydrogen-bond acceptors (Lipinski definition) is 1. The Bertz CT molecular complexity index is 806. The number of rotatable bonds is 4. The molecule has 0 aromatic carbocycles. The molecule has 0 saturated heterocycles. The lowest BCUT2D eigenvalue weighted by Gasteiger charge is -2.51. The molecule has 0 amide bonds. The number of fused-ring (bicyclic) bond motifs is 4. The summed E-state index contributed by atoms with van der Waals surface area (Å²) in [6.45, 7) is 14.4. The molecule has 0 aromatic rings. The Morgan fingerprint density at radius 2 is 1.72 bits per heavy atom. The molecule has 0 aromatic heterocycles. The van der Waals surface area contributed by atoms with Crippen LogP contribution in [0.25, 0.3) is 0 Å². The molecule has 1 nitrogen and oxygen atoms in total. The highest BCUT2D eigenvalue weighted by atomic mass is 16.1. The molecule has 6 atom stereocenters. The lowest BCUT2D eigenvalue weighted by molar-refractivity contribution is -0.116. The summed E-state index contributed by atoms with van der Waals surface area (Å²) in [4.78, 5) is 12.0. The van der Waals surface area contributed by atoms with Crippen LogP contribution in [0.1, 0.15) is 80.1 Å². The fourth-order valence-corrected chi connectivity index (χ4v) is 6.91. The van der Waals surface area contributed by atoms with Gasteiger partial charge < -0.3 is 0 Å². The van der Waals surface area contributed by atoms with Crippen LogP contribution in [0.3, 0.4) is 0 Å². The van der Waals surface area contributed by atoms with E-state index in [0.29, 0.717) is 34.9 Å². The zero-order chi connectivity index (χ0) is 21.0. The van der Waals surface area contributed by atoms with E-state index in [9.17, 15) is 4.79 Å². The van der Waals surface area contributed by atoms with Crippen molar-refractivity contribution in [2.75, 3.05) is 0 Å². The predicted molar refractivity (Wildman–Crippen MR) is 122 cm³/mol. The molecule has 1 heteroatoms. The Kier molecular flexibility index (Phi) is 5.33. The quantitative estimate of drug-likeness (QED) is 0.454. The molecule has 4 rings (SSSR count). The van der Waals surface area contributed by atoms with Crippen LogP contribution in [0.4, 0.5) is 0 Å². The zero-order valence-electron chi connectivity index (χ0n) is 19.4. The van der Waals surface area contributed by atoms with Crippen molar-refractivity contribution in [3.05, 3.63) is 47.1 Å². The van der Waals surface area contributed by atoms with Crippen molar-refractivity contribution in [2.24, 2.45) is 40.4 Å². The third-order valence-corrected chi connectivity index (χ3v) is 9.37. The van der Waals surface area contributed by atoms with Crippen LogP contribution in [-0.2, 0) is 4.79 Å². The SMILES string of the molecule is CC(C)[C@@H](C)/C=C/[C@@H](C)[C@H]1CCC2=C3C=CC4=CC(=O)CC[C@@]4(C)[C@H]3CC[C@]21C. The second-order valence-electron chi connectivity index (χ2n) is 11.3. The first-order valence-corrected chi connectivity index (χ1v) is 12.0. The number of ketones is 1. The molecule has 0 radical (unpaired) electrons. The minimum absolute atomic E-state index is 0.169. The van der Waals surface area contributed by atoms with Crippen LogP contribution in [0.2, 0.25) is 0 Å². The van der Waals surface area contributed by atoms with Gasteiger partial charge in [0.05, 0.1) is 0 Å². The van der Waals surface area contributed by atoms with Crippen LogP contribution >= 0.6 is 0 Å². The lowest BCUT2D eigenvalue weighted by atomic mass is 9.53. The Hall–Kier alpha value is -1.37. The van der Waals surface area contributed by atoms with E-state index in [1.54, 1.807) is 11.1 Å². The van der Waals surface area contributed by atoms with E-state index in [2.05, 4.69) is 65.8 Å².